The van der Waals surface area contributed by atoms with Gasteiger partial charge in [0.15, 0.2) is 0 Å². The van der Waals surface area contributed by atoms with Gasteiger partial charge >= 0.3 is 6.03 Å². The van der Waals surface area contributed by atoms with Crippen LogP contribution in [0.15, 0.2) is 78.3 Å². The summed E-state index contributed by atoms with van der Waals surface area (Å²) < 4.78 is 7.67. The molecule has 2 aromatic heterocycles. The topological polar surface area (TPSA) is 46.5 Å². The highest BCUT2D eigenvalue weighted by atomic mass is 32.1. The van der Waals surface area contributed by atoms with E-state index in [1.807, 2.05) is 54.3 Å². The fourth-order valence-electron chi connectivity index (χ4n) is 4.19. The number of anilines is 1. The van der Waals surface area contributed by atoms with Gasteiger partial charge in [0, 0.05) is 11.1 Å². The molecule has 2 amide bonds. The Balaban J connectivity index is 1.61. The maximum Gasteiger partial charge on any atom is 0.323 e. The first-order chi connectivity index (χ1) is 15.2. The second kappa shape index (κ2) is 7.96. The van der Waals surface area contributed by atoms with E-state index in [1.54, 1.807) is 18.4 Å². The van der Waals surface area contributed by atoms with Gasteiger partial charge in [0.25, 0.3) is 0 Å². The summed E-state index contributed by atoms with van der Waals surface area (Å²) in [6.45, 7) is 2.50. The molecule has 0 spiro atoms. The monoisotopic (exact) mass is 429 g/mol. The first-order valence-corrected chi connectivity index (χ1v) is 11.0. The van der Waals surface area contributed by atoms with Gasteiger partial charge in [-0.15, -0.1) is 11.3 Å². The molecule has 31 heavy (non-hydrogen) atoms. The molecule has 0 bridgehead atoms. The molecule has 1 aliphatic heterocycles. The zero-order chi connectivity index (χ0) is 21.4. The van der Waals surface area contributed by atoms with Crippen molar-refractivity contribution < 1.29 is 9.53 Å². The van der Waals surface area contributed by atoms with Crippen LogP contribution in [0.4, 0.5) is 10.5 Å². The Labute approximate surface area is 185 Å². The maximum atomic E-state index is 13.7. The highest BCUT2D eigenvalue weighted by Crippen LogP contribution is 2.39. The number of carbonyl (C=O) groups excluding carboxylic acids is 1. The lowest BCUT2D eigenvalue weighted by atomic mass is 10.1. The summed E-state index contributed by atoms with van der Waals surface area (Å²) >= 11 is 1.66. The number of fused-ring (bicyclic) bond motifs is 3. The minimum Gasteiger partial charge on any atom is -0.495 e. The van der Waals surface area contributed by atoms with Crippen LogP contribution in [0.25, 0.3) is 5.69 Å². The van der Waals surface area contributed by atoms with E-state index in [0.717, 1.165) is 27.4 Å². The number of hydrogen-bond acceptors (Lipinski definition) is 3. The zero-order valence-corrected chi connectivity index (χ0v) is 18.2. The average molecular weight is 430 g/mol. The van der Waals surface area contributed by atoms with Gasteiger partial charge in [-0.05, 0) is 59.8 Å². The normalized spacial score (nSPS) is 15.0. The number of hydrogen-bond donors (Lipinski definition) is 1. The van der Waals surface area contributed by atoms with E-state index in [2.05, 4.69) is 45.7 Å². The summed E-state index contributed by atoms with van der Waals surface area (Å²) in [5, 5.41) is 5.16. The summed E-state index contributed by atoms with van der Waals surface area (Å²) in [7, 11) is 1.61. The molecule has 156 valence electrons. The van der Waals surface area contributed by atoms with E-state index in [-0.39, 0.29) is 12.1 Å². The number of nitrogens with one attached hydrogen (secondary N) is 1. The third kappa shape index (κ3) is 3.49. The summed E-state index contributed by atoms with van der Waals surface area (Å²) in [6.07, 6.45) is 2.07. The van der Waals surface area contributed by atoms with Crippen molar-refractivity contribution in [2.24, 2.45) is 0 Å². The molecule has 3 heterocycles. The van der Waals surface area contributed by atoms with Gasteiger partial charge in [-0.1, -0.05) is 30.3 Å². The number of thiophene rings is 1. The molecule has 1 N–H and O–H groups in total. The molecule has 2 aromatic carbocycles. The third-order valence-corrected chi connectivity index (χ3v) is 6.56. The van der Waals surface area contributed by atoms with Gasteiger partial charge < -0.3 is 19.5 Å². The van der Waals surface area contributed by atoms with Crippen LogP contribution in [0.3, 0.4) is 0 Å². The van der Waals surface area contributed by atoms with Gasteiger partial charge in [0.05, 0.1) is 30.7 Å². The fourth-order valence-corrected chi connectivity index (χ4v) is 5.04. The molecule has 5 rings (SSSR count). The average Bonchev–Trinajstić information content (AvgIpc) is 3.45. The molecule has 0 saturated heterocycles. The smallest absolute Gasteiger partial charge is 0.323 e. The van der Waals surface area contributed by atoms with E-state index in [0.29, 0.717) is 18.0 Å². The molecule has 0 unspecified atom stereocenters. The van der Waals surface area contributed by atoms with Crippen LogP contribution in [0.2, 0.25) is 0 Å². The van der Waals surface area contributed by atoms with Crippen molar-refractivity contribution in [1.29, 1.82) is 0 Å². The number of rotatable bonds is 3. The first kappa shape index (κ1) is 19.5. The summed E-state index contributed by atoms with van der Waals surface area (Å²) in [5.74, 6) is 0.644. The molecule has 0 radical (unpaired) electrons. The number of methoxy groups -OCH3 is 1. The molecular formula is C25H23N3O2S. The van der Waals surface area contributed by atoms with Crippen molar-refractivity contribution in [2.45, 2.75) is 19.5 Å². The molecule has 5 nitrogen and oxygen atoms in total. The van der Waals surface area contributed by atoms with Crippen LogP contribution >= 0.6 is 11.3 Å². The van der Waals surface area contributed by atoms with Gasteiger partial charge in [0.2, 0.25) is 0 Å². The standard InChI is InChI=1S/C25H23N3O2S/c1-17-11-12-22(30-2)19(15-17)26-25(29)28-16-18-7-3-4-8-20(18)27-13-5-9-21(27)24(28)23-10-6-14-31-23/h3-15,24H,16H2,1-2H3,(H,26,29)/t24-/m1/s1. The van der Waals surface area contributed by atoms with E-state index in [4.69, 9.17) is 4.74 Å². The lowest BCUT2D eigenvalue weighted by Gasteiger charge is -2.30. The largest absolute Gasteiger partial charge is 0.495 e. The number of benzene rings is 2. The predicted octanol–water partition coefficient (Wildman–Crippen LogP) is 5.99. The number of ether oxygens (including phenoxy) is 1. The van der Waals surface area contributed by atoms with Crippen LogP contribution in [-0.2, 0) is 6.54 Å². The van der Waals surface area contributed by atoms with Gasteiger partial charge in [-0.3, -0.25) is 0 Å². The number of aromatic nitrogens is 1. The van der Waals surface area contributed by atoms with Crippen LogP contribution < -0.4 is 10.1 Å². The molecule has 0 fully saturated rings. The Bertz CT molecular complexity index is 1230. The molecule has 4 aromatic rings. The quantitative estimate of drug-likeness (QED) is 0.435. The minimum absolute atomic E-state index is 0.160. The SMILES string of the molecule is COc1ccc(C)cc1NC(=O)N1Cc2ccccc2-n2cccc2[C@@H]1c1cccs1. The van der Waals surface area contributed by atoms with Crippen LogP contribution in [0, 0.1) is 6.92 Å². The Morgan fingerprint density at radius 3 is 2.77 bits per heavy atom. The van der Waals surface area contributed by atoms with Crippen LogP contribution in [0.5, 0.6) is 5.75 Å². The summed E-state index contributed by atoms with van der Waals surface area (Å²) in [6, 6.07) is 21.9. The molecule has 0 saturated carbocycles. The third-order valence-electron chi connectivity index (χ3n) is 5.63. The number of amides is 2. The van der Waals surface area contributed by atoms with E-state index in [9.17, 15) is 4.79 Å². The fraction of sp³-hybridized carbons (Fsp3) is 0.160. The van der Waals surface area contributed by atoms with Crippen molar-refractivity contribution in [1.82, 2.24) is 9.47 Å². The Morgan fingerprint density at radius 1 is 1.10 bits per heavy atom. The number of para-hydroxylation sites is 1. The Hall–Kier alpha value is -3.51. The lowest BCUT2D eigenvalue weighted by molar-refractivity contribution is 0.195. The minimum atomic E-state index is -0.196. The van der Waals surface area contributed by atoms with Crippen molar-refractivity contribution in [3.63, 3.8) is 0 Å². The molecule has 6 heteroatoms. The van der Waals surface area contributed by atoms with Crippen molar-refractivity contribution in [2.75, 3.05) is 12.4 Å². The Kier molecular flexibility index (Phi) is 5.00. The van der Waals surface area contributed by atoms with Crippen molar-refractivity contribution >= 4 is 23.1 Å². The van der Waals surface area contributed by atoms with Crippen molar-refractivity contribution in [3.8, 4) is 11.4 Å². The molecule has 1 aliphatic rings. The maximum absolute atomic E-state index is 13.7. The highest BCUT2D eigenvalue weighted by Gasteiger charge is 2.33. The molecular weight excluding hydrogens is 406 g/mol. The van der Waals surface area contributed by atoms with E-state index in [1.165, 1.54) is 0 Å². The Morgan fingerprint density at radius 2 is 1.97 bits per heavy atom. The van der Waals surface area contributed by atoms with E-state index < -0.39 is 0 Å². The van der Waals surface area contributed by atoms with E-state index >= 15 is 0 Å². The lowest BCUT2D eigenvalue weighted by Crippen LogP contribution is -2.37. The second-order valence-electron chi connectivity index (χ2n) is 7.61. The summed E-state index contributed by atoms with van der Waals surface area (Å²) in [5.41, 5.74) is 5.00. The van der Waals surface area contributed by atoms with Crippen LogP contribution in [-0.4, -0.2) is 22.6 Å². The predicted molar refractivity (Wildman–Crippen MR) is 124 cm³/mol. The number of carbonyl (C=O) groups is 1. The van der Waals surface area contributed by atoms with Crippen molar-refractivity contribution in [3.05, 3.63) is 100 Å². The first-order valence-electron chi connectivity index (χ1n) is 10.2. The molecule has 0 aliphatic carbocycles. The second-order valence-corrected chi connectivity index (χ2v) is 8.59. The zero-order valence-electron chi connectivity index (χ0n) is 17.4. The number of nitrogens with zero attached hydrogens (tertiary/aromatic N) is 2. The van der Waals surface area contributed by atoms with Gasteiger partial charge in [-0.25, -0.2) is 4.79 Å². The number of urea groups is 1. The number of aryl methyl sites for hydroxylation is 1. The van der Waals surface area contributed by atoms with Crippen LogP contribution in [0.1, 0.15) is 27.7 Å². The highest BCUT2D eigenvalue weighted by molar-refractivity contribution is 7.10. The summed E-state index contributed by atoms with van der Waals surface area (Å²) in [4.78, 5) is 16.7. The van der Waals surface area contributed by atoms with Gasteiger partial charge in [-0.2, -0.15) is 0 Å². The van der Waals surface area contributed by atoms with Gasteiger partial charge in [0.1, 0.15) is 11.8 Å². The molecule has 1 atom stereocenters.